The molecule has 2 aromatic rings. The number of benzene rings is 1. The first kappa shape index (κ1) is 18.2. The predicted octanol–water partition coefficient (Wildman–Crippen LogP) is 2.81. The van der Waals surface area contributed by atoms with Gasteiger partial charge >= 0.3 is 6.61 Å². The zero-order valence-electron chi connectivity index (χ0n) is 13.1. The van der Waals surface area contributed by atoms with Gasteiger partial charge in [0.25, 0.3) is 5.56 Å². The molecule has 1 heterocycles. The zero-order valence-corrected chi connectivity index (χ0v) is 14.6. The lowest BCUT2D eigenvalue weighted by Gasteiger charge is -2.12. The molecule has 130 valence electrons. The van der Waals surface area contributed by atoms with E-state index in [0.717, 1.165) is 5.56 Å². The minimum atomic E-state index is -2.92. The van der Waals surface area contributed by atoms with E-state index in [4.69, 9.17) is 4.74 Å². The number of hydrogen-bond donors (Lipinski definition) is 1. The van der Waals surface area contributed by atoms with Crippen LogP contribution in [-0.4, -0.2) is 30.0 Å². The number of nitrogens with one attached hydrogen (secondary N) is 1. The van der Waals surface area contributed by atoms with E-state index < -0.39 is 6.61 Å². The van der Waals surface area contributed by atoms with Crippen molar-refractivity contribution in [1.82, 2.24) is 9.78 Å². The summed E-state index contributed by atoms with van der Waals surface area (Å²) in [5.74, 6) is 0.229. The molecule has 0 aliphatic heterocycles. The highest BCUT2D eigenvalue weighted by Gasteiger charge is 2.11. The summed E-state index contributed by atoms with van der Waals surface area (Å²) in [6.45, 7) is -2.44. The summed E-state index contributed by atoms with van der Waals surface area (Å²) in [4.78, 5) is 11.8. The van der Waals surface area contributed by atoms with Crippen LogP contribution < -0.4 is 20.3 Å². The highest BCUT2D eigenvalue weighted by atomic mass is 79.9. The first-order chi connectivity index (χ1) is 11.4. The Morgan fingerprint density at radius 3 is 2.79 bits per heavy atom. The minimum absolute atomic E-state index is 0.0126. The molecule has 0 radical (unpaired) electrons. The fourth-order valence-corrected chi connectivity index (χ4v) is 2.54. The Morgan fingerprint density at radius 2 is 2.12 bits per heavy atom. The Hall–Kier alpha value is -2.16. The molecule has 0 unspecified atom stereocenters. The molecule has 1 aromatic heterocycles. The molecule has 0 atom stereocenters. The summed E-state index contributed by atoms with van der Waals surface area (Å²) >= 11 is 3.22. The first-order valence-electron chi connectivity index (χ1n) is 6.99. The fraction of sp³-hybridized carbons (Fsp3) is 0.333. The number of aryl methyl sites for hydroxylation is 1. The van der Waals surface area contributed by atoms with E-state index in [1.165, 1.54) is 24.1 Å². The van der Waals surface area contributed by atoms with Crippen molar-refractivity contribution in [3.63, 3.8) is 0 Å². The van der Waals surface area contributed by atoms with Gasteiger partial charge in [-0.25, -0.2) is 4.68 Å². The first-order valence-corrected chi connectivity index (χ1v) is 7.79. The van der Waals surface area contributed by atoms with Crippen LogP contribution in [0.3, 0.4) is 0 Å². The molecule has 0 amide bonds. The molecule has 9 heteroatoms. The van der Waals surface area contributed by atoms with Crippen molar-refractivity contribution in [2.75, 3.05) is 19.0 Å². The summed E-state index contributed by atoms with van der Waals surface area (Å²) in [5, 5.41) is 7.00. The molecular formula is C15H16BrF2N3O3. The van der Waals surface area contributed by atoms with Gasteiger partial charge in [-0.2, -0.15) is 13.9 Å². The van der Waals surface area contributed by atoms with Gasteiger partial charge in [-0.15, -0.1) is 0 Å². The Labute approximate surface area is 145 Å². The molecule has 0 saturated heterocycles. The van der Waals surface area contributed by atoms with Gasteiger partial charge in [-0.05, 0) is 40.0 Å². The van der Waals surface area contributed by atoms with E-state index in [2.05, 4.69) is 31.1 Å². The van der Waals surface area contributed by atoms with Gasteiger partial charge in [0.1, 0.15) is 4.47 Å². The quantitative estimate of drug-likeness (QED) is 0.769. The zero-order chi connectivity index (χ0) is 17.7. The summed E-state index contributed by atoms with van der Waals surface area (Å²) in [7, 11) is 2.94. The SMILES string of the molecule is COc1ccc(CCNc2cnn(C)c(=O)c2Br)cc1OC(F)F. The molecule has 0 aliphatic rings. The van der Waals surface area contributed by atoms with E-state index in [-0.39, 0.29) is 17.1 Å². The van der Waals surface area contributed by atoms with Gasteiger partial charge in [-0.3, -0.25) is 4.79 Å². The fourth-order valence-electron chi connectivity index (χ4n) is 2.04. The molecule has 24 heavy (non-hydrogen) atoms. The number of hydrogen-bond acceptors (Lipinski definition) is 5. The number of ether oxygens (including phenoxy) is 2. The van der Waals surface area contributed by atoms with Crippen molar-refractivity contribution in [1.29, 1.82) is 0 Å². The van der Waals surface area contributed by atoms with Crippen molar-refractivity contribution >= 4 is 21.6 Å². The number of aromatic nitrogens is 2. The van der Waals surface area contributed by atoms with Crippen LogP contribution in [0.15, 0.2) is 33.7 Å². The summed E-state index contributed by atoms with van der Waals surface area (Å²) < 4.78 is 35.9. The van der Waals surface area contributed by atoms with Crippen molar-refractivity contribution in [2.45, 2.75) is 13.0 Å². The standard InChI is InChI=1S/C15H16BrF2N3O3/c1-21-14(22)13(16)10(8-20-21)19-6-5-9-3-4-11(23-2)12(7-9)24-15(17)18/h3-4,7-8,15,19H,5-6H2,1-2H3. The number of rotatable bonds is 7. The maximum Gasteiger partial charge on any atom is 0.387 e. The van der Waals surface area contributed by atoms with Crippen molar-refractivity contribution in [3.8, 4) is 11.5 Å². The van der Waals surface area contributed by atoms with E-state index in [1.54, 1.807) is 19.2 Å². The molecule has 0 saturated carbocycles. The Morgan fingerprint density at radius 1 is 1.38 bits per heavy atom. The van der Waals surface area contributed by atoms with Crippen LogP contribution in [0, 0.1) is 0 Å². The van der Waals surface area contributed by atoms with E-state index >= 15 is 0 Å². The van der Waals surface area contributed by atoms with Crippen molar-refractivity contribution in [3.05, 3.63) is 44.8 Å². The normalized spacial score (nSPS) is 10.8. The maximum absolute atomic E-state index is 12.4. The second-order valence-electron chi connectivity index (χ2n) is 4.84. The molecule has 0 aliphatic carbocycles. The van der Waals surface area contributed by atoms with Crippen molar-refractivity contribution in [2.24, 2.45) is 7.05 Å². The summed E-state index contributed by atoms with van der Waals surface area (Å²) in [5.41, 5.74) is 1.10. The topological polar surface area (TPSA) is 65.4 Å². The van der Waals surface area contributed by atoms with Gasteiger partial charge in [0.2, 0.25) is 0 Å². The van der Waals surface area contributed by atoms with Crippen LogP contribution in [-0.2, 0) is 13.5 Å². The monoisotopic (exact) mass is 403 g/mol. The molecule has 1 aromatic carbocycles. The van der Waals surface area contributed by atoms with Crippen LogP contribution >= 0.6 is 15.9 Å². The van der Waals surface area contributed by atoms with Crippen LogP contribution in [0.25, 0.3) is 0 Å². The maximum atomic E-state index is 12.4. The van der Waals surface area contributed by atoms with Crippen LogP contribution in [0.1, 0.15) is 5.56 Å². The number of methoxy groups -OCH3 is 1. The molecule has 0 spiro atoms. The average molecular weight is 404 g/mol. The highest BCUT2D eigenvalue weighted by Crippen LogP contribution is 2.29. The van der Waals surface area contributed by atoms with E-state index in [1.807, 2.05) is 0 Å². The lowest BCUT2D eigenvalue weighted by atomic mass is 10.1. The van der Waals surface area contributed by atoms with Crippen LogP contribution in [0.4, 0.5) is 14.5 Å². The third-order valence-corrected chi connectivity index (χ3v) is 4.02. The molecule has 1 N–H and O–H groups in total. The van der Waals surface area contributed by atoms with E-state index in [9.17, 15) is 13.6 Å². The minimum Gasteiger partial charge on any atom is -0.493 e. The van der Waals surface area contributed by atoms with Crippen LogP contribution in [0.2, 0.25) is 0 Å². The van der Waals surface area contributed by atoms with Gasteiger partial charge < -0.3 is 14.8 Å². The molecular weight excluding hydrogens is 388 g/mol. The number of halogens is 3. The third kappa shape index (κ3) is 4.44. The van der Waals surface area contributed by atoms with Gasteiger partial charge in [0, 0.05) is 13.6 Å². The van der Waals surface area contributed by atoms with Crippen molar-refractivity contribution < 1.29 is 18.3 Å². The highest BCUT2D eigenvalue weighted by molar-refractivity contribution is 9.10. The molecule has 0 bridgehead atoms. The van der Waals surface area contributed by atoms with Gasteiger partial charge in [0.15, 0.2) is 11.5 Å². The Bertz CT molecular complexity index is 768. The third-order valence-electron chi connectivity index (χ3n) is 3.25. The van der Waals surface area contributed by atoms with Gasteiger partial charge in [-0.1, -0.05) is 6.07 Å². The largest absolute Gasteiger partial charge is 0.493 e. The van der Waals surface area contributed by atoms with E-state index in [0.29, 0.717) is 23.1 Å². The summed E-state index contributed by atoms with van der Waals surface area (Å²) in [6.07, 6.45) is 2.07. The lowest BCUT2D eigenvalue weighted by Crippen LogP contribution is -2.21. The molecule has 2 rings (SSSR count). The average Bonchev–Trinajstić information content (AvgIpc) is 2.54. The second kappa shape index (κ2) is 8.09. The number of nitrogens with zero attached hydrogens (tertiary/aromatic N) is 2. The summed E-state index contributed by atoms with van der Waals surface area (Å²) in [6, 6.07) is 4.84. The number of alkyl halides is 2. The molecule has 0 fully saturated rings. The predicted molar refractivity (Wildman–Crippen MR) is 89.0 cm³/mol. The smallest absolute Gasteiger partial charge is 0.387 e. The lowest BCUT2D eigenvalue weighted by molar-refractivity contribution is -0.0512. The number of anilines is 1. The second-order valence-corrected chi connectivity index (χ2v) is 5.63. The van der Waals surface area contributed by atoms with Gasteiger partial charge in [0.05, 0.1) is 19.0 Å². The van der Waals surface area contributed by atoms with Crippen LogP contribution in [0.5, 0.6) is 11.5 Å². The Balaban J connectivity index is 2.04. The molecule has 6 nitrogen and oxygen atoms in total. The Kier molecular flexibility index (Phi) is 6.13.